The smallest absolute Gasteiger partial charge is 0.243 e. The Balaban J connectivity index is 1.52. The summed E-state index contributed by atoms with van der Waals surface area (Å²) in [4.78, 5) is 0.187. The Kier molecular flexibility index (Phi) is 4.44. The van der Waals surface area contributed by atoms with Gasteiger partial charge in [0.1, 0.15) is 11.5 Å². The van der Waals surface area contributed by atoms with Crippen LogP contribution in [0.2, 0.25) is 0 Å². The van der Waals surface area contributed by atoms with Crippen LogP contribution in [0.1, 0.15) is 37.2 Å². The summed E-state index contributed by atoms with van der Waals surface area (Å²) in [5.41, 5.74) is 0. The zero-order chi connectivity index (χ0) is 18.3. The van der Waals surface area contributed by atoms with E-state index in [1.807, 2.05) is 12.1 Å². The number of hydrogen-bond acceptors (Lipinski definition) is 5. The van der Waals surface area contributed by atoms with Crippen LogP contribution in [0.5, 0.6) is 11.5 Å². The summed E-state index contributed by atoms with van der Waals surface area (Å²) in [5, 5.41) is 0. The largest absolute Gasteiger partial charge is 0.490 e. The lowest BCUT2D eigenvalue weighted by Crippen LogP contribution is -2.26. The van der Waals surface area contributed by atoms with Crippen molar-refractivity contribution in [2.75, 3.05) is 20.3 Å². The molecule has 0 bridgehead atoms. The van der Waals surface area contributed by atoms with Gasteiger partial charge in [0.25, 0.3) is 0 Å². The van der Waals surface area contributed by atoms with Gasteiger partial charge in [0.2, 0.25) is 10.0 Å². The van der Waals surface area contributed by atoms with Crippen molar-refractivity contribution in [3.8, 4) is 11.5 Å². The van der Waals surface area contributed by atoms with Crippen molar-refractivity contribution in [2.45, 2.75) is 37.1 Å². The van der Waals surface area contributed by atoms with E-state index >= 15 is 0 Å². The van der Waals surface area contributed by atoms with E-state index in [0.717, 1.165) is 18.6 Å². The molecule has 6 nitrogen and oxygen atoms in total. The summed E-state index contributed by atoms with van der Waals surface area (Å²) in [5.74, 6) is 3.79. The second kappa shape index (κ2) is 6.63. The maximum absolute atomic E-state index is 12.9. The fraction of sp³-hybridized carbons (Fsp3) is 0.474. The number of benzene rings is 1. The van der Waals surface area contributed by atoms with E-state index in [0.29, 0.717) is 42.3 Å². The zero-order valence-electron chi connectivity index (χ0n) is 15.0. The Morgan fingerprint density at radius 3 is 2.58 bits per heavy atom. The molecule has 7 heteroatoms. The third-order valence-corrected chi connectivity index (χ3v) is 6.76. The minimum absolute atomic E-state index is 0.187. The van der Waals surface area contributed by atoms with Crippen LogP contribution in [0.3, 0.4) is 0 Å². The highest BCUT2D eigenvalue weighted by Gasteiger charge is 2.36. The van der Waals surface area contributed by atoms with Crippen molar-refractivity contribution in [1.82, 2.24) is 4.31 Å². The summed E-state index contributed by atoms with van der Waals surface area (Å²) >= 11 is 0. The molecule has 1 aliphatic carbocycles. The number of ether oxygens (including phenoxy) is 2. The van der Waals surface area contributed by atoms with E-state index in [2.05, 4.69) is 6.92 Å². The Bertz CT molecular complexity index is 904. The number of furan rings is 1. The summed E-state index contributed by atoms with van der Waals surface area (Å²) in [7, 11) is -2.10. The lowest BCUT2D eigenvalue weighted by Gasteiger charge is -2.17. The quantitative estimate of drug-likeness (QED) is 0.799. The van der Waals surface area contributed by atoms with Crippen molar-refractivity contribution in [3.05, 3.63) is 41.9 Å². The third kappa shape index (κ3) is 3.33. The predicted molar refractivity (Wildman–Crippen MR) is 95.9 cm³/mol. The van der Waals surface area contributed by atoms with Gasteiger partial charge in [-0.15, -0.1) is 0 Å². The summed E-state index contributed by atoms with van der Waals surface area (Å²) < 4.78 is 44.1. The van der Waals surface area contributed by atoms with Gasteiger partial charge in [-0.3, -0.25) is 0 Å². The number of fused-ring (bicyclic) bond motifs is 1. The Morgan fingerprint density at radius 1 is 1.12 bits per heavy atom. The van der Waals surface area contributed by atoms with E-state index in [4.69, 9.17) is 13.9 Å². The molecule has 0 N–H and O–H groups in total. The number of sulfonamides is 1. The van der Waals surface area contributed by atoms with Crippen molar-refractivity contribution in [2.24, 2.45) is 5.92 Å². The Labute approximate surface area is 153 Å². The van der Waals surface area contributed by atoms with Crippen molar-refractivity contribution in [3.63, 3.8) is 0 Å². The normalized spacial score (nSPS) is 22.3. The molecule has 2 unspecified atom stereocenters. The van der Waals surface area contributed by atoms with Crippen LogP contribution in [0.4, 0.5) is 0 Å². The number of hydrogen-bond donors (Lipinski definition) is 0. The topological polar surface area (TPSA) is 69.0 Å². The van der Waals surface area contributed by atoms with Gasteiger partial charge in [0.05, 0.1) is 24.7 Å². The van der Waals surface area contributed by atoms with Crippen LogP contribution in [0.15, 0.2) is 39.6 Å². The first-order chi connectivity index (χ1) is 12.4. The maximum Gasteiger partial charge on any atom is 0.243 e. The van der Waals surface area contributed by atoms with Crippen LogP contribution < -0.4 is 9.47 Å². The van der Waals surface area contributed by atoms with Crippen LogP contribution in [0.25, 0.3) is 0 Å². The van der Waals surface area contributed by atoms with Crippen molar-refractivity contribution in [1.29, 1.82) is 0 Å². The van der Waals surface area contributed by atoms with E-state index in [9.17, 15) is 8.42 Å². The molecule has 0 amide bonds. The molecular formula is C19H23NO5S. The van der Waals surface area contributed by atoms with Gasteiger partial charge >= 0.3 is 0 Å². The average molecular weight is 377 g/mol. The lowest BCUT2D eigenvalue weighted by atomic mass is 10.3. The molecule has 2 aromatic rings. The second-order valence-corrected chi connectivity index (χ2v) is 9.09. The monoisotopic (exact) mass is 377 g/mol. The highest BCUT2D eigenvalue weighted by Crippen LogP contribution is 2.47. The predicted octanol–water partition coefficient (Wildman–Crippen LogP) is 3.39. The van der Waals surface area contributed by atoms with Gasteiger partial charge in [-0.25, -0.2) is 8.42 Å². The molecule has 4 rings (SSSR count). The molecule has 2 aliphatic rings. The molecule has 0 saturated heterocycles. The van der Waals surface area contributed by atoms with E-state index < -0.39 is 10.0 Å². The van der Waals surface area contributed by atoms with Crippen molar-refractivity contribution >= 4 is 10.0 Å². The first-order valence-corrected chi connectivity index (χ1v) is 10.3. The van der Waals surface area contributed by atoms with E-state index in [1.54, 1.807) is 19.2 Å². The third-order valence-electron chi connectivity index (χ3n) is 4.96. The van der Waals surface area contributed by atoms with Crippen LogP contribution >= 0.6 is 0 Å². The molecule has 1 saturated carbocycles. The molecule has 140 valence electrons. The minimum atomic E-state index is -3.65. The first-order valence-electron chi connectivity index (χ1n) is 8.90. The SMILES string of the molecule is CC1CC1c1ccc(CN(C)S(=O)(=O)c2ccc3c(c2)OCCCO3)o1. The van der Waals surface area contributed by atoms with E-state index in [-0.39, 0.29) is 11.4 Å². The first kappa shape index (κ1) is 17.4. The number of nitrogens with zero attached hydrogens (tertiary/aromatic N) is 1. The molecule has 1 aliphatic heterocycles. The molecule has 2 atom stereocenters. The Hall–Kier alpha value is -1.99. The molecule has 0 radical (unpaired) electrons. The number of rotatable bonds is 5. The average Bonchev–Trinajstić information content (AvgIpc) is 3.25. The highest BCUT2D eigenvalue weighted by molar-refractivity contribution is 7.89. The van der Waals surface area contributed by atoms with E-state index in [1.165, 1.54) is 10.4 Å². The lowest BCUT2D eigenvalue weighted by molar-refractivity contribution is 0.297. The maximum atomic E-state index is 12.9. The standard InChI is InChI=1S/C19H23NO5S/c1-13-10-16(13)17-6-4-14(25-17)12-20(2)26(21,22)15-5-7-18-19(11-15)24-9-3-8-23-18/h4-7,11,13,16H,3,8-10,12H2,1-2H3. The van der Waals surface area contributed by atoms with Crippen LogP contribution in [-0.2, 0) is 16.6 Å². The van der Waals surface area contributed by atoms with Gasteiger partial charge in [0.15, 0.2) is 11.5 Å². The summed E-state index contributed by atoms with van der Waals surface area (Å²) in [6.07, 6.45) is 1.91. The summed E-state index contributed by atoms with van der Waals surface area (Å²) in [6.45, 7) is 3.46. The molecular weight excluding hydrogens is 354 g/mol. The van der Waals surface area contributed by atoms with Gasteiger partial charge in [-0.2, -0.15) is 4.31 Å². The van der Waals surface area contributed by atoms with Gasteiger partial charge in [-0.1, -0.05) is 6.92 Å². The fourth-order valence-electron chi connectivity index (χ4n) is 3.19. The minimum Gasteiger partial charge on any atom is -0.490 e. The van der Waals surface area contributed by atoms with Gasteiger partial charge < -0.3 is 13.9 Å². The molecule has 2 heterocycles. The Morgan fingerprint density at radius 2 is 1.85 bits per heavy atom. The zero-order valence-corrected chi connectivity index (χ0v) is 15.8. The van der Waals surface area contributed by atoms with Gasteiger partial charge in [0, 0.05) is 25.5 Å². The highest BCUT2D eigenvalue weighted by atomic mass is 32.2. The van der Waals surface area contributed by atoms with Crippen molar-refractivity contribution < 1.29 is 22.3 Å². The molecule has 1 fully saturated rings. The molecule has 1 aromatic heterocycles. The van der Waals surface area contributed by atoms with Crippen LogP contribution in [0, 0.1) is 5.92 Å². The summed E-state index contributed by atoms with van der Waals surface area (Å²) in [6, 6.07) is 8.56. The second-order valence-electron chi connectivity index (χ2n) is 7.04. The molecule has 1 aromatic carbocycles. The van der Waals surface area contributed by atoms with Gasteiger partial charge in [-0.05, 0) is 36.6 Å². The molecule has 0 spiro atoms. The molecule has 26 heavy (non-hydrogen) atoms. The van der Waals surface area contributed by atoms with Crippen LogP contribution in [-0.4, -0.2) is 33.0 Å². The fourth-order valence-corrected chi connectivity index (χ4v) is 4.34.